The number of methoxy groups -OCH3 is 1. The minimum atomic E-state index is -2.29. The Kier molecular flexibility index (Phi) is 7.58. The van der Waals surface area contributed by atoms with Crippen molar-refractivity contribution in [2.75, 3.05) is 13.7 Å². The number of carbonyl (C=O) groups is 4. The van der Waals surface area contributed by atoms with Crippen LogP contribution in [0.4, 0.5) is 0 Å². The van der Waals surface area contributed by atoms with Crippen molar-refractivity contribution in [3.8, 4) is 17.2 Å². The van der Waals surface area contributed by atoms with Crippen molar-refractivity contribution in [2.24, 2.45) is 0 Å². The fourth-order valence-corrected chi connectivity index (χ4v) is 6.12. The number of phenols is 2. The second-order valence-electron chi connectivity index (χ2n) is 10.8. The Bertz CT molecular complexity index is 1500. The number of fused-ring (bicyclic) bond motifs is 3. The molecule has 2 aromatic carbocycles. The number of ether oxygens (including phenoxy) is 3. The first-order chi connectivity index (χ1) is 19.8. The maximum atomic E-state index is 13.7. The number of amides is 1. The summed E-state index contributed by atoms with van der Waals surface area (Å²) in [5, 5.41) is 57.0. The zero-order chi connectivity index (χ0) is 30.7. The van der Waals surface area contributed by atoms with Gasteiger partial charge >= 0.3 is 0 Å². The molecule has 3 aliphatic rings. The normalized spacial score (nSPS) is 28.4. The molecule has 2 aliphatic carbocycles. The van der Waals surface area contributed by atoms with Crippen molar-refractivity contribution in [1.82, 2.24) is 5.32 Å². The summed E-state index contributed by atoms with van der Waals surface area (Å²) in [6, 6.07) is 3.54. The van der Waals surface area contributed by atoms with Crippen LogP contribution in [-0.2, 0) is 25.5 Å². The molecule has 2 aromatic rings. The minimum Gasteiger partial charge on any atom is -0.507 e. The van der Waals surface area contributed by atoms with E-state index in [-0.39, 0.29) is 34.4 Å². The van der Waals surface area contributed by atoms with E-state index < -0.39 is 102 Å². The largest absolute Gasteiger partial charge is 0.507 e. The molecule has 0 spiro atoms. The smallest absolute Gasteiger partial charge is 0.217 e. The molecule has 1 aliphatic heterocycles. The molecule has 0 aromatic heterocycles. The van der Waals surface area contributed by atoms with Crippen molar-refractivity contribution >= 4 is 23.3 Å². The SMILES string of the molecule is COc1cccc2c1C(=O)c1c(O)c3c(c(O)c1C2=O)C[C@@](O)(C(=O)CO)C[C@@H]3O[C@H]1C[C@H](NC(C)=O)[C@@H](O)[C@H](C)O1. The lowest BCUT2D eigenvalue weighted by molar-refractivity contribution is -0.249. The molecule has 13 nitrogen and oxygen atoms in total. The summed E-state index contributed by atoms with van der Waals surface area (Å²) in [6.07, 6.45) is -5.65. The van der Waals surface area contributed by atoms with E-state index in [1.54, 1.807) is 6.92 Å². The molecule has 0 bridgehead atoms. The van der Waals surface area contributed by atoms with E-state index in [4.69, 9.17) is 14.2 Å². The molecular formula is C29H31NO12. The van der Waals surface area contributed by atoms with E-state index in [1.807, 2.05) is 0 Å². The van der Waals surface area contributed by atoms with Gasteiger partial charge in [0.1, 0.15) is 35.6 Å². The number of benzene rings is 2. The van der Waals surface area contributed by atoms with Gasteiger partial charge in [0.15, 0.2) is 17.9 Å². The third-order valence-electron chi connectivity index (χ3n) is 8.15. The lowest BCUT2D eigenvalue weighted by Crippen LogP contribution is -2.55. The molecule has 0 unspecified atom stereocenters. The van der Waals surface area contributed by atoms with Crippen LogP contribution >= 0.6 is 0 Å². The average Bonchev–Trinajstić information content (AvgIpc) is 2.94. The second kappa shape index (κ2) is 10.7. The van der Waals surface area contributed by atoms with E-state index in [1.165, 1.54) is 32.2 Å². The summed E-state index contributed by atoms with van der Waals surface area (Å²) < 4.78 is 17.1. The predicted octanol–water partition coefficient (Wildman–Crippen LogP) is 0.179. The number of hydrogen-bond acceptors (Lipinski definition) is 12. The van der Waals surface area contributed by atoms with Crippen LogP contribution in [0.15, 0.2) is 18.2 Å². The fourth-order valence-electron chi connectivity index (χ4n) is 6.12. The Morgan fingerprint density at radius 1 is 1.12 bits per heavy atom. The molecule has 1 heterocycles. The first-order valence-electron chi connectivity index (χ1n) is 13.3. The highest BCUT2D eigenvalue weighted by molar-refractivity contribution is 6.31. The van der Waals surface area contributed by atoms with Gasteiger partial charge in [-0.1, -0.05) is 12.1 Å². The van der Waals surface area contributed by atoms with E-state index in [2.05, 4.69) is 5.32 Å². The zero-order valence-corrected chi connectivity index (χ0v) is 23.0. The molecule has 1 amide bonds. The van der Waals surface area contributed by atoms with Gasteiger partial charge in [0.25, 0.3) is 0 Å². The van der Waals surface area contributed by atoms with Crippen LogP contribution in [0, 0.1) is 0 Å². The number of hydrogen-bond donors (Lipinski definition) is 6. The monoisotopic (exact) mass is 585 g/mol. The van der Waals surface area contributed by atoms with Gasteiger partial charge in [0.05, 0.1) is 42.0 Å². The van der Waals surface area contributed by atoms with Gasteiger partial charge in [-0.05, 0) is 13.0 Å². The van der Waals surface area contributed by atoms with Gasteiger partial charge in [0.2, 0.25) is 11.7 Å². The van der Waals surface area contributed by atoms with Crippen molar-refractivity contribution < 1.29 is 58.9 Å². The fraction of sp³-hybridized carbons (Fsp3) is 0.448. The van der Waals surface area contributed by atoms with Crippen LogP contribution in [0.25, 0.3) is 0 Å². The number of phenolic OH excluding ortho intramolecular Hbond substituents is 2. The number of aliphatic hydroxyl groups is 3. The Morgan fingerprint density at radius 3 is 2.45 bits per heavy atom. The number of rotatable bonds is 6. The van der Waals surface area contributed by atoms with Crippen LogP contribution in [-0.4, -0.2) is 92.6 Å². The van der Waals surface area contributed by atoms with Gasteiger partial charge in [0, 0.05) is 42.9 Å². The zero-order valence-electron chi connectivity index (χ0n) is 23.0. The molecule has 6 atom stereocenters. The first kappa shape index (κ1) is 29.6. The number of carbonyl (C=O) groups excluding carboxylic acids is 4. The summed E-state index contributed by atoms with van der Waals surface area (Å²) in [5.74, 6) is -4.34. The van der Waals surface area contributed by atoms with Crippen molar-refractivity contribution in [2.45, 2.75) is 69.4 Å². The van der Waals surface area contributed by atoms with E-state index in [0.717, 1.165) is 0 Å². The Balaban J connectivity index is 1.65. The number of Topliss-reactive ketones (excluding diaryl/α,β-unsaturated/α-hetero) is 1. The molecule has 6 N–H and O–H groups in total. The number of nitrogens with one attached hydrogen (secondary N) is 1. The highest BCUT2D eigenvalue weighted by Crippen LogP contribution is 2.52. The number of aromatic hydroxyl groups is 2. The molecular weight excluding hydrogens is 554 g/mol. The number of aliphatic hydroxyl groups excluding tert-OH is 2. The number of ketones is 3. The van der Waals surface area contributed by atoms with Gasteiger partial charge in [-0.3, -0.25) is 19.2 Å². The van der Waals surface area contributed by atoms with Crippen molar-refractivity contribution in [3.05, 3.63) is 51.6 Å². The van der Waals surface area contributed by atoms with E-state index in [0.29, 0.717) is 0 Å². The maximum Gasteiger partial charge on any atom is 0.217 e. The molecule has 5 rings (SSSR count). The Hall–Kier alpha value is -3.88. The highest BCUT2D eigenvalue weighted by atomic mass is 16.7. The summed E-state index contributed by atoms with van der Waals surface area (Å²) in [5.41, 5.74) is -3.84. The highest BCUT2D eigenvalue weighted by Gasteiger charge is 2.50. The summed E-state index contributed by atoms with van der Waals surface area (Å²) in [4.78, 5) is 51.7. The molecule has 1 saturated heterocycles. The summed E-state index contributed by atoms with van der Waals surface area (Å²) in [6.45, 7) is 1.77. The predicted molar refractivity (Wildman–Crippen MR) is 141 cm³/mol. The maximum absolute atomic E-state index is 13.7. The topological polar surface area (TPSA) is 209 Å². The third-order valence-corrected chi connectivity index (χ3v) is 8.15. The standard InChI is InChI=1S/C29H31NO12/c1-11-24(34)15(30-12(2)32)7-19(41-11)42-17-9-29(39,18(33)10-31)8-14-21(17)28(38)23-22(26(14)36)25(35)13-5-4-6-16(40-3)20(13)27(23)37/h4-6,11,15,17,19,24,31,34,36,38-39H,7-10H2,1-3H3,(H,30,32)/t11-,15-,17-,19-,24-,29-/m0/s1. The molecule has 0 saturated carbocycles. The quantitative estimate of drug-likeness (QED) is 0.214. The molecule has 224 valence electrons. The third kappa shape index (κ3) is 4.63. The molecule has 13 heteroatoms. The van der Waals surface area contributed by atoms with Gasteiger partial charge in [-0.25, -0.2) is 0 Å². The van der Waals surface area contributed by atoms with E-state index in [9.17, 15) is 44.7 Å². The first-order valence-corrected chi connectivity index (χ1v) is 13.3. The van der Waals surface area contributed by atoms with Crippen molar-refractivity contribution in [1.29, 1.82) is 0 Å². The van der Waals surface area contributed by atoms with Crippen LogP contribution in [0.3, 0.4) is 0 Å². The Labute approximate surface area is 239 Å². The molecule has 0 radical (unpaired) electrons. The van der Waals surface area contributed by atoms with Crippen LogP contribution in [0.5, 0.6) is 17.2 Å². The van der Waals surface area contributed by atoms with Crippen LogP contribution in [0.2, 0.25) is 0 Å². The van der Waals surface area contributed by atoms with E-state index >= 15 is 0 Å². The van der Waals surface area contributed by atoms with Crippen LogP contribution in [0.1, 0.15) is 75.8 Å². The lowest BCUT2D eigenvalue weighted by Gasteiger charge is -2.42. The Morgan fingerprint density at radius 2 is 1.81 bits per heavy atom. The van der Waals surface area contributed by atoms with Crippen LogP contribution < -0.4 is 10.1 Å². The second-order valence-corrected chi connectivity index (χ2v) is 10.8. The summed E-state index contributed by atoms with van der Waals surface area (Å²) in [7, 11) is 1.31. The molecule has 42 heavy (non-hydrogen) atoms. The summed E-state index contributed by atoms with van der Waals surface area (Å²) >= 11 is 0. The minimum absolute atomic E-state index is 0.0665. The van der Waals surface area contributed by atoms with Crippen molar-refractivity contribution in [3.63, 3.8) is 0 Å². The van der Waals surface area contributed by atoms with Gasteiger partial charge < -0.3 is 45.1 Å². The molecule has 1 fully saturated rings. The van der Waals surface area contributed by atoms with Gasteiger partial charge in [-0.15, -0.1) is 0 Å². The lowest BCUT2D eigenvalue weighted by atomic mass is 9.72. The average molecular weight is 586 g/mol. The van der Waals surface area contributed by atoms with Gasteiger partial charge in [-0.2, -0.15) is 0 Å².